The number of carbonyl (C=O) groups is 1. The molecule has 3 aromatic rings. The van der Waals surface area contributed by atoms with Gasteiger partial charge in [0.1, 0.15) is 0 Å². The molecule has 1 aromatic heterocycles. The summed E-state index contributed by atoms with van der Waals surface area (Å²) in [6.07, 6.45) is 1.86. The Bertz CT molecular complexity index is 919. The van der Waals surface area contributed by atoms with Gasteiger partial charge in [0, 0.05) is 36.3 Å². The van der Waals surface area contributed by atoms with E-state index in [-0.39, 0.29) is 18.3 Å². The number of rotatable bonds is 8. The molecule has 2 aromatic carbocycles. The third kappa shape index (κ3) is 5.43. The van der Waals surface area contributed by atoms with Crippen LogP contribution in [0.4, 0.5) is 0 Å². The third-order valence-electron chi connectivity index (χ3n) is 4.50. The second-order valence-electron chi connectivity index (χ2n) is 6.70. The van der Waals surface area contributed by atoms with Crippen LogP contribution in [-0.2, 0) is 6.54 Å². The Morgan fingerprint density at radius 1 is 1.03 bits per heavy atom. The summed E-state index contributed by atoms with van der Waals surface area (Å²) in [4.78, 5) is 19.2. The minimum absolute atomic E-state index is 0. The zero-order chi connectivity index (χ0) is 19.9. The lowest BCUT2D eigenvalue weighted by Gasteiger charge is -2.21. The van der Waals surface area contributed by atoms with E-state index in [0.717, 1.165) is 42.6 Å². The highest BCUT2D eigenvalue weighted by atomic mass is 35.5. The Hall–Kier alpha value is -2.70. The van der Waals surface area contributed by atoms with E-state index in [4.69, 9.17) is 10.3 Å². The summed E-state index contributed by atoms with van der Waals surface area (Å²) in [5.74, 6) is 0.932. The lowest BCUT2D eigenvalue weighted by atomic mass is 10.1. The molecule has 0 saturated heterocycles. The smallest absolute Gasteiger partial charge is 0.258 e. The average molecular weight is 415 g/mol. The van der Waals surface area contributed by atoms with Crippen molar-refractivity contribution >= 4 is 18.3 Å². The molecule has 154 valence electrons. The van der Waals surface area contributed by atoms with Gasteiger partial charge in [-0.1, -0.05) is 49.3 Å². The monoisotopic (exact) mass is 414 g/mol. The van der Waals surface area contributed by atoms with E-state index in [9.17, 15) is 4.79 Å². The molecule has 0 fully saturated rings. The summed E-state index contributed by atoms with van der Waals surface area (Å²) in [7, 11) is 0. The number of nitrogens with zero attached hydrogens (tertiary/aromatic N) is 3. The summed E-state index contributed by atoms with van der Waals surface area (Å²) in [5.41, 5.74) is 8.90. The summed E-state index contributed by atoms with van der Waals surface area (Å²) >= 11 is 0. The van der Waals surface area contributed by atoms with Gasteiger partial charge in [0.2, 0.25) is 5.82 Å². The van der Waals surface area contributed by atoms with Crippen molar-refractivity contribution in [3.8, 4) is 22.8 Å². The molecule has 0 aliphatic rings. The van der Waals surface area contributed by atoms with Gasteiger partial charge >= 0.3 is 0 Å². The minimum Gasteiger partial charge on any atom is -0.339 e. The Morgan fingerprint density at radius 3 is 2.34 bits per heavy atom. The lowest BCUT2D eigenvalue weighted by molar-refractivity contribution is 0.0755. The fourth-order valence-electron chi connectivity index (χ4n) is 3.07. The van der Waals surface area contributed by atoms with Crippen molar-refractivity contribution in [1.82, 2.24) is 15.0 Å². The summed E-state index contributed by atoms with van der Waals surface area (Å²) in [5, 5.41) is 4.07. The largest absolute Gasteiger partial charge is 0.339 e. The van der Waals surface area contributed by atoms with Crippen molar-refractivity contribution in [3.63, 3.8) is 0 Å². The molecular formula is C22H27ClN4O2. The SMILES string of the molecule is CCCN(CCC)C(=O)c1cccc(-c2nc(-c3ccc(CN)cc3)no2)c1.Cl. The van der Waals surface area contributed by atoms with E-state index in [1.54, 1.807) is 0 Å². The van der Waals surface area contributed by atoms with E-state index in [0.29, 0.717) is 23.8 Å². The molecule has 0 aliphatic carbocycles. The van der Waals surface area contributed by atoms with Crippen molar-refractivity contribution in [1.29, 1.82) is 0 Å². The molecule has 2 N–H and O–H groups in total. The molecule has 29 heavy (non-hydrogen) atoms. The maximum atomic E-state index is 12.8. The number of carbonyl (C=O) groups excluding carboxylic acids is 1. The highest BCUT2D eigenvalue weighted by molar-refractivity contribution is 5.95. The summed E-state index contributed by atoms with van der Waals surface area (Å²) in [6.45, 7) is 6.14. The second kappa shape index (κ2) is 10.7. The quantitative estimate of drug-likeness (QED) is 0.584. The van der Waals surface area contributed by atoms with Crippen LogP contribution in [0.3, 0.4) is 0 Å². The van der Waals surface area contributed by atoms with E-state index in [2.05, 4.69) is 24.0 Å². The number of nitrogens with two attached hydrogens (primary N) is 1. The van der Waals surface area contributed by atoms with Crippen molar-refractivity contribution < 1.29 is 9.32 Å². The van der Waals surface area contributed by atoms with Crippen LogP contribution in [-0.4, -0.2) is 34.0 Å². The maximum absolute atomic E-state index is 12.8. The molecule has 1 heterocycles. The van der Waals surface area contributed by atoms with Crippen molar-refractivity contribution in [2.45, 2.75) is 33.2 Å². The first-order chi connectivity index (χ1) is 13.7. The number of halogens is 1. The molecular weight excluding hydrogens is 388 g/mol. The number of benzene rings is 2. The second-order valence-corrected chi connectivity index (χ2v) is 6.70. The average Bonchev–Trinajstić information content (AvgIpc) is 3.23. The molecule has 3 rings (SSSR count). The fourth-order valence-corrected chi connectivity index (χ4v) is 3.07. The molecule has 6 nitrogen and oxygen atoms in total. The van der Waals surface area contributed by atoms with Gasteiger partial charge in [0.15, 0.2) is 0 Å². The summed E-state index contributed by atoms with van der Waals surface area (Å²) < 4.78 is 5.44. The van der Waals surface area contributed by atoms with Gasteiger partial charge in [0.05, 0.1) is 0 Å². The van der Waals surface area contributed by atoms with Crippen LogP contribution in [0, 0.1) is 0 Å². The zero-order valence-electron chi connectivity index (χ0n) is 16.8. The number of hydrogen-bond donors (Lipinski definition) is 1. The molecule has 1 amide bonds. The number of amides is 1. The molecule has 0 saturated carbocycles. The van der Waals surface area contributed by atoms with E-state index >= 15 is 0 Å². The van der Waals surface area contributed by atoms with Gasteiger partial charge in [0.25, 0.3) is 11.8 Å². The van der Waals surface area contributed by atoms with Gasteiger partial charge in [-0.3, -0.25) is 4.79 Å². The Kier molecular flexibility index (Phi) is 8.36. The molecule has 0 bridgehead atoms. The third-order valence-corrected chi connectivity index (χ3v) is 4.50. The zero-order valence-corrected chi connectivity index (χ0v) is 17.6. The van der Waals surface area contributed by atoms with Gasteiger partial charge in [-0.2, -0.15) is 4.98 Å². The van der Waals surface area contributed by atoms with Gasteiger partial charge in [-0.25, -0.2) is 0 Å². The van der Waals surface area contributed by atoms with Crippen LogP contribution >= 0.6 is 12.4 Å². The van der Waals surface area contributed by atoms with Crippen LogP contribution in [0.5, 0.6) is 0 Å². The molecule has 0 radical (unpaired) electrons. The van der Waals surface area contributed by atoms with Crippen molar-refractivity contribution in [3.05, 3.63) is 59.7 Å². The highest BCUT2D eigenvalue weighted by Gasteiger charge is 2.17. The first kappa shape index (κ1) is 22.6. The number of aromatic nitrogens is 2. The molecule has 0 atom stereocenters. The van der Waals surface area contributed by atoms with Crippen LogP contribution in [0.1, 0.15) is 42.6 Å². The normalized spacial score (nSPS) is 10.4. The predicted molar refractivity (Wildman–Crippen MR) is 117 cm³/mol. The van der Waals surface area contributed by atoms with Crippen molar-refractivity contribution in [2.75, 3.05) is 13.1 Å². The molecule has 0 spiro atoms. The fraction of sp³-hybridized carbons (Fsp3) is 0.318. The van der Waals surface area contributed by atoms with Crippen LogP contribution < -0.4 is 5.73 Å². The topological polar surface area (TPSA) is 85.2 Å². The van der Waals surface area contributed by atoms with E-state index in [1.165, 1.54) is 0 Å². The predicted octanol–water partition coefficient (Wildman–Crippen LogP) is 4.55. The lowest BCUT2D eigenvalue weighted by Crippen LogP contribution is -2.32. The minimum atomic E-state index is 0. The highest BCUT2D eigenvalue weighted by Crippen LogP contribution is 2.23. The van der Waals surface area contributed by atoms with E-state index < -0.39 is 0 Å². The number of hydrogen-bond acceptors (Lipinski definition) is 5. The summed E-state index contributed by atoms with van der Waals surface area (Å²) in [6, 6.07) is 15.1. The van der Waals surface area contributed by atoms with Crippen LogP contribution in [0.25, 0.3) is 22.8 Å². The Balaban J connectivity index is 0.00000300. The van der Waals surface area contributed by atoms with Gasteiger partial charge in [-0.15, -0.1) is 12.4 Å². The molecule has 0 unspecified atom stereocenters. The Labute approximate surface area is 177 Å². The van der Waals surface area contributed by atoms with Gasteiger partial charge < -0.3 is 15.2 Å². The van der Waals surface area contributed by atoms with E-state index in [1.807, 2.05) is 53.4 Å². The van der Waals surface area contributed by atoms with Gasteiger partial charge in [-0.05, 0) is 36.6 Å². The molecule has 0 aliphatic heterocycles. The maximum Gasteiger partial charge on any atom is 0.258 e. The Morgan fingerprint density at radius 2 is 1.72 bits per heavy atom. The van der Waals surface area contributed by atoms with Crippen molar-refractivity contribution in [2.24, 2.45) is 5.73 Å². The standard InChI is InChI=1S/C22H26N4O2.ClH/c1-3-12-26(13-4-2)22(27)19-7-5-6-18(14-19)21-24-20(25-28-21)17-10-8-16(15-23)9-11-17;/h5-11,14H,3-4,12-13,15,23H2,1-2H3;1H. The first-order valence-corrected chi connectivity index (χ1v) is 9.69. The first-order valence-electron chi connectivity index (χ1n) is 9.69. The molecule has 7 heteroatoms. The van der Waals surface area contributed by atoms with Crippen LogP contribution in [0.2, 0.25) is 0 Å². The van der Waals surface area contributed by atoms with Crippen LogP contribution in [0.15, 0.2) is 53.1 Å².